The van der Waals surface area contributed by atoms with Crippen molar-refractivity contribution in [1.29, 1.82) is 0 Å². The van der Waals surface area contributed by atoms with Gasteiger partial charge in [-0.2, -0.15) is 26.3 Å². The summed E-state index contributed by atoms with van der Waals surface area (Å²) >= 11 is 6.18. The van der Waals surface area contributed by atoms with Gasteiger partial charge in [0.25, 0.3) is 0 Å². The molecule has 1 aliphatic carbocycles. The average molecular weight is 1000 g/mol. The van der Waals surface area contributed by atoms with E-state index in [4.69, 9.17) is 21.1 Å². The maximum absolute atomic E-state index is 13.5. The Kier molecular flexibility index (Phi) is 13.6. The highest BCUT2D eigenvalue weighted by molar-refractivity contribution is 7.93. The van der Waals surface area contributed by atoms with Gasteiger partial charge in [-0.05, 0) is 112 Å². The summed E-state index contributed by atoms with van der Waals surface area (Å²) in [6.07, 6.45) is -4.70. The molecular weight excluding hydrogens is 958 g/mol. The molecule has 2 saturated heterocycles. The van der Waals surface area contributed by atoms with Gasteiger partial charge in [-0.1, -0.05) is 23.7 Å². The number of hydrogen-bond acceptors (Lipinski definition) is 12. The third-order valence-corrected chi connectivity index (χ3v) is 19.2. The number of rotatable bonds is 9. The third kappa shape index (κ3) is 10.5. The number of hydrogen-bond donors (Lipinski definition) is 0. The predicted octanol–water partition coefficient (Wildman–Crippen LogP) is 8.71. The molecule has 4 aromatic rings. The average Bonchev–Trinajstić information content (AvgIpc) is 4.06. The van der Waals surface area contributed by atoms with Crippen LogP contribution in [0, 0.1) is 0 Å². The Labute approximate surface area is 372 Å². The maximum Gasteiger partial charge on any atom is 0.416 e. The van der Waals surface area contributed by atoms with Crippen LogP contribution in [0.1, 0.15) is 98.6 Å². The van der Waals surface area contributed by atoms with Crippen molar-refractivity contribution < 1.29 is 69.5 Å². The molecule has 0 radical (unpaired) electrons. The first-order valence-corrected chi connectivity index (χ1v) is 26.6. The van der Waals surface area contributed by atoms with Crippen molar-refractivity contribution in [1.82, 2.24) is 9.97 Å². The molecule has 2 aromatic carbocycles. The highest BCUT2D eigenvalue weighted by atomic mass is 35.5. The third-order valence-electron chi connectivity index (χ3n) is 11.6. The smallest absolute Gasteiger partial charge is 0.372 e. The molecule has 23 heteroatoms. The largest absolute Gasteiger partial charge is 0.416 e. The molecule has 4 unspecified atom stereocenters. The van der Waals surface area contributed by atoms with Crippen LogP contribution < -0.4 is 0 Å². The van der Waals surface area contributed by atoms with Gasteiger partial charge in [-0.15, -0.1) is 0 Å². The number of benzene rings is 2. The van der Waals surface area contributed by atoms with E-state index in [9.17, 15) is 60.0 Å². The zero-order valence-electron chi connectivity index (χ0n) is 34.6. The van der Waals surface area contributed by atoms with E-state index >= 15 is 0 Å². The Bertz CT molecular complexity index is 2900. The lowest BCUT2D eigenvalue weighted by Crippen LogP contribution is -2.42. The lowest BCUT2D eigenvalue weighted by atomic mass is 9.92. The van der Waals surface area contributed by atoms with Crippen molar-refractivity contribution in [2.45, 2.75) is 112 Å². The molecule has 7 rings (SSSR count). The zero-order chi connectivity index (χ0) is 47.5. The fourth-order valence-electron chi connectivity index (χ4n) is 7.56. The van der Waals surface area contributed by atoms with Crippen LogP contribution in [0.2, 0.25) is 5.02 Å². The summed E-state index contributed by atoms with van der Waals surface area (Å²) < 4.78 is 188. The summed E-state index contributed by atoms with van der Waals surface area (Å²) in [6, 6.07) is 10.2. The number of aromatic nitrogens is 2. The van der Waals surface area contributed by atoms with Gasteiger partial charge in [0, 0.05) is 38.1 Å². The van der Waals surface area contributed by atoms with Gasteiger partial charge in [0.2, 0.25) is 0 Å². The van der Waals surface area contributed by atoms with Crippen molar-refractivity contribution >= 4 is 50.9 Å². The first-order chi connectivity index (χ1) is 29.4. The molecule has 2 aliphatic heterocycles. The van der Waals surface area contributed by atoms with Crippen LogP contribution in [0.4, 0.5) is 26.3 Å². The number of nitrogens with zero attached hydrogens (tertiary/aromatic N) is 2. The van der Waals surface area contributed by atoms with Crippen molar-refractivity contribution in [2.75, 3.05) is 25.7 Å². The Morgan fingerprint density at radius 3 is 1.41 bits per heavy atom. The monoisotopic (exact) mass is 1000 g/mol. The summed E-state index contributed by atoms with van der Waals surface area (Å²) in [4.78, 5) is 7.57. The zero-order valence-corrected chi connectivity index (χ0v) is 38.6. The fourth-order valence-corrected chi connectivity index (χ4v) is 12.7. The standard InChI is InChI=1S/C22H24F3NO5S2.C19H19ClF3NO5S2/c1-21(33(29,30)16-5-3-4-15(10-16)22(23,24)25)8-9-31-19(12-21)20-18(14-6-7-14)11-17(13-26-20)32(2,27)28;1-18(31(27,28)13-5-3-4-12(8-13)19(21,22)23)6-7-29-16(10-18)17-15(20)9-14(11-24-17)30(2,25)26/h3-5,10-11,13-14,19H,6-9,12H2,1-2H3;3-5,8-9,11,16H,6-7,10H2,1-2H3. The van der Waals surface area contributed by atoms with E-state index in [2.05, 4.69) is 9.97 Å². The number of pyridine rings is 2. The van der Waals surface area contributed by atoms with Gasteiger partial charge in [0.15, 0.2) is 39.3 Å². The van der Waals surface area contributed by atoms with Crippen molar-refractivity contribution in [3.8, 4) is 0 Å². The molecule has 64 heavy (non-hydrogen) atoms. The minimum atomic E-state index is -4.68. The second-order valence-corrected chi connectivity index (χ2v) is 26.0. The normalized spacial score (nSPS) is 23.8. The van der Waals surface area contributed by atoms with Crippen LogP contribution in [0.5, 0.6) is 0 Å². The number of halogens is 7. The first kappa shape index (κ1) is 49.8. The minimum Gasteiger partial charge on any atom is -0.372 e. The molecule has 4 atom stereocenters. The Morgan fingerprint density at radius 2 is 1.02 bits per heavy atom. The lowest BCUT2D eigenvalue weighted by Gasteiger charge is -2.38. The molecule has 2 aromatic heterocycles. The quantitative estimate of drug-likeness (QED) is 0.146. The summed E-state index contributed by atoms with van der Waals surface area (Å²) in [7, 11) is -15.3. The number of sulfone groups is 4. The molecule has 0 bridgehead atoms. The van der Waals surface area contributed by atoms with Gasteiger partial charge < -0.3 is 9.47 Å². The van der Waals surface area contributed by atoms with E-state index in [-0.39, 0.29) is 70.2 Å². The topological polar surface area (TPSA) is 181 Å². The predicted molar refractivity (Wildman–Crippen MR) is 222 cm³/mol. The molecule has 4 heterocycles. The molecule has 0 amide bonds. The van der Waals surface area contributed by atoms with Crippen LogP contribution in [0.15, 0.2) is 92.6 Å². The van der Waals surface area contributed by atoms with Crippen LogP contribution >= 0.6 is 11.6 Å². The Morgan fingerprint density at radius 1 is 0.609 bits per heavy atom. The first-order valence-electron chi connectivity index (χ1n) is 19.5. The van der Waals surface area contributed by atoms with Gasteiger partial charge in [0.1, 0.15) is 12.2 Å². The molecule has 3 fully saturated rings. The molecule has 1 saturated carbocycles. The maximum atomic E-state index is 13.5. The van der Waals surface area contributed by atoms with Gasteiger partial charge in [-0.25, -0.2) is 33.7 Å². The summed E-state index contributed by atoms with van der Waals surface area (Å²) in [5.41, 5.74) is -0.690. The van der Waals surface area contributed by atoms with E-state index in [1.54, 1.807) is 6.07 Å². The van der Waals surface area contributed by atoms with E-state index < -0.39 is 89.4 Å². The summed E-state index contributed by atoms with van der Waals surface area (Å²) in [5, 5.41) is -0.00589. The highest BCUT2D eigenvalue weighted by Gasteiger charge is 2.48. The summed E-state index contributed by atoms with van der Waals surface area (Å²) in [5.74, 6) is 0.131. The summed E-state index contributed by atoms with van der Waals surface area (Å²) in [6.45, 7) is 3.04. The molecule has 350 valence electrons. The van der Waals surface area contributed by atoms with Crippen molar-refractivity contribution in [2.24, 2.45) is 0 Å². The lowest BCUT2D eigenvalue weighted by molar-refractivity contribution is -0.138. The number of ether oxygens (including phenoxy) is 2. The SMILES string of the molecule is CC1(S(=O)(=O)c2cccc(C(F)(F)F)c2)CCOC(c2ncc(S(C)(=O)=O)cc2C2CC2)C1.CC1(S(=O)(=O)c2cccc(C(F)(F)F)c2)CCOC(c2ncc(S(C)(=O)=O)cc2Cl)C1. The van der Waals surface area contributed by atoms with E-state index in [1.165, 1.54) is 32.2 Å². The molecule has 0 spiro atoms. The van der Waals surface area contributed by atoms with E-state index in [0.29, 0.717) is 17.8 Å². The molecule has 3 aliphatic rings. The second kappa shape index (κ2) is 17.5. The van der Waals surface area contributed by atoms with Crippen molar-refractivity contribution in [3.05, 3.63) is 106 Å². The fraction of sp³-hybridized carbons (Fsp3) is 0.463. The highest BCUT2D eigenvalue weighted by Crippen LogP contribution is 2.48. The van der Waals surface area contributed by atoms with Gasteiger partial charge >= 0.3 is 12.4 Å². The van der Waals surface area contributed by atoms with Crippen LogP contribution in [0.3, 0.4) is 0 Å². The van der Waals surface area contributed by atoms with Crippen LogP contribution in [0.25, 0.3) is 0 Å². The Balaban J connectivity index is 0.000000213. The Hall–Kier alpha value is -3.67. The van der Waals surface area contributed by atoms with Crippen molar-refractivity contribution in [3.63, 3.8) is 0 Å². The second-order valence-electron chi connectivity index (χ2n) is 16.6. The molecule has 0 N–H and O–H groups in total. The minimum absolute atomic E-state index is 0.00345. The van der Waals surface area contributed by atoms with Crippen LogP contribution in [-0.4, -0.2) is 78.9 Å². The van der Waals surface area contributed by atoms with Gasteiger partial charge in [-0.3, -0.25) is 9.97 Å². The van der Waals surface area contributed by atoms with E-state index in [1.807, 2.05) is 0 Å². The molecular formula is C41H43ClF6N2O10S4. The van der Waals surface area contributed by atoms with Gasteiger partial charge in [0.05, 0.1) is 56.6 Å². The molecule has 12 nitrogen and oxygen atoms in total. The number of alkyl halides is 6. The van der Waals surface area contributed by atoms with Crippen LogP contribution in [-0.2, 0) is 61.2 Å². The van der Waals surface area contributed by atoms with E-state index in [0.717, 1.165) is 67.4 Å².